The Hall–Kier alpha value is -1.51. The summed E-state index contributed by atoms with van der Waals surface area (Å²) in [5, 5.41) is 6.42. The largest absolute Gasteiger partial charge is 0.382 e. The van der Waals surface area contributed by atoms with Gasteiger partial charge in [-0.25, -0.2) is 0 Å². The van der Waals surface area contributed by atoms with Crippen molar-refractivity contribution >= 4 is 17.3 Å². The van der Waals surface area contributed by atoms with Crippen LogP contribution < -0.4 is 10.6 Å². The number of hydrogen-bond donors (Lipinski definition) is 2. The van der Waals surface area contributed by atoms with Gasteiger partial charge in [-0.1, -0.05) is 6.07 Å². The summed E-state index contributed by atoms with van der Waals surface area (Å²) >= 11 is 0. The third-order valence-electron chi connectivity index (χ3n) is 3.48. The average Bonchev–Trinajstić information content (AvgIpc) is 2.23. The number of hydrogen-bond acceptors (Lipinski definition) is 2. The van der Waals surface area contributed by atoms with Gasteiger partial charge in [0.2, 0.25) is 5.91 Å². The van der Waals surface area contributed by atoms with Crippen molar-refractivity contribution in [2.75, 3.05) is 10.6 Å². The minimum atomic E-state index is 0.133. The van der Waals surface area contributed by atoms with E-state index in [-0.39, 0.29) is 5.91 Å². The summed E-state index contributed by atoms with van der Waals surface area (Å²) < 4.78 is 0. The zero-order chi connectivity index (χ0) is 11.0. The summed E-state index contributed by atoms with van der Waals surface area (Å²) in [4.78, 5) is 11.3. The van der Waals surface area contributed by atoms with Crippen LogP contribution in [0.15, 0.2) is 18.2 Å². The predicted molar refractivity (Wildman–Crippen MR) is 64.7 cm³/mol. The second-order valence-corrected chi connectivity index (χ2v) is 4.69. The van der Waals surface area contributed by atoms with Crippen LogP contribution in [0.25, 0.3) is 0 Å². The van der Waals surface area contributed by atoms with Crippen molar-refractivity contribution in [1.29, 1.82) is 0 Å². The number of carbonyl (C=O) groups is 1. The summed E-state index contributed by atoms with van der Waals surface area (Å²) in [5.74, 6) is 0.133. The van der Waals surface area contributed by atoms with E-state index >= 15 is 0 Å². The van der Waals surface area contributed by atoms with Gasteiger partial charge in [-0.05, 0) is 43.4 Å². The molecule has 1 heterocycles. The number of rotatable bonds is 2. The van der Waals surface area contributed by atoms with Crippen LogP contribution in [-0.2, 0) is 11.2 Å². The molecule has 1 aliphatic heterocycles. The first kappa shape index (κ1) is 9.70. The maximum absolute atomic E-state index is 11.3. The first-order chi connectivity index (χ1) is 7.81. The number of anilines is 2. The van der Waals surface area contributed by atoms with Crippen LogP contribution in [0, 0.1) is 0 Å². The minimum Gasteiger partial charge on any atom is -0.382 e. The van der Waals surface area contributed by atoms with E-state index in [1.165, 1.54) is 24.8 Å². The van der Waals surface area contributed by atoms with Gasteiger partial charge in [0.25, 0.3) is 0 Å². The van der Waals surface area contributed by atoms with Gasteiger partial charge in [-0.3, -0.25) is 4.79 Å². The lowest BCUT2D eigenvalue weighted by molar-refractivity contribution is -0.116. The first-order valence-electron chi connectivity index (χ1n) is 6.00. The highest BCUT2D eigenvalue weighted by atomic mass is 16.1. The molecule has 1 saturated carbocycles. The minimum absolute atomic E-state index is 0.133. The fraction of sp³-hybridized carbons (Fsp3) is 0.462. The first-order valence-corrected chi connectivity index (χ1v) is 6.00. The van der Waals surface area contributed by atoms with E-state index in [4.69, 9.17) is 0 Å². The number of nitrogens with one attached hydrogen (secondary N) is 2. The highest BCUT2D eigenvalue weighted by molar-refractivity contribution is 5.94. The SMILES string of the molecule is O=C1CCc2ccc(NC3CCC3)cc2N1. The maximum Gasteiger partial charge on any atom is 0.224 e. The Balaban J connectivity index is 1.80. The molecule has 1 aromatic rings. The van der Waals surface area contributed by atoms with E-state index in [1.54, 1.807) is 0 Å². The molecule has 1 fully saturated rings. The molecule has 2 N–H and O–H groups in total. The third kappa shape index (κ3) is 1.77. The van der Waals surface area contributed by atoms with Gasteiger partial charge in [-0.2, -0.15) is 0 Å². The van der Waals surface area contributed by atoms with E-state index in [9.17, 15) is 4.79 Å². The molecule has 1 aliphatic carbocycles. The number of amides is 1. The quantitative estimate of drug-likeness (QED) is 0.797. The lowest BCUT2D eigenvalue weighted by Gasteiger charge is -2.28. The standard InChI is InChI=1S/C13H16N2O/c16-13-7-5-9-4-6-11(8-12(9)15-13)14-10-2-1-3-10/h4,6,8,10,14H,1-3,5,7H2,(H,15,16). The Morgan fingerprint density at radius 1 is 1.25 bits per heavy atom. The molecule has 0 spiro atoms. The van der Waals surface area contributed by atoms with Crippen molar-refractivity contribution in [3.05, 3.63) is 23.8 Å². The lowest BCUT2D eigenvalue weighted by atomic mass is 9.92. The normalized spacial score (nSPS) is 19.6. The van der Waals surface area contributed by atoms with Gasteiger partial charge >= 0.3 is 0 Å². The van der Waals surface area contributed by atoms with Gasteiger partial charge in [0.05, 0.1) is 0 Å². The lowest BCUT2D eigenvalue weighted by Crippen LogP contribution is -2.27. The van der Waals surface area contributed by atoms with Gasteiger partial charge in [-0.15, -0.1) is 0 Å². The Morgan fingerprint density at radius 3 is 2.88 bits per heavy atom. The number of carbonyl (C=O) groups excluding carboxylic acids is 1. The van der Waals surface area contributed by atoms with Crippen molar-refractivity contribution < 1.29 is 4.79 Å². The molecular formula is C13H16N2O. The maximum atomic E-state index is 11.3. The fourth-order valence-electron chi connectivity index (χ4n) is 2.25. The molecule has 0 aromatic heterocycles. The highest BCUT2D eigenvalue weighted by Crippen LogP contribution is 2.28. The van der Waals surface area contributed by atoms with Gasteiger partial charge < -0.3 is 10.6 Å². The zero-order valence-corrected chi connectivity index (χ0v) is 9.25. The summed E-state index contributed by atoms with van der Waals surface area (Å²) in [5.41, 5.74) is 3.37. The summed E-state index contributed by atoms with van der Waals surface area (Å²) in [6.07, 6.45) is 5.35. The van der Waals surface area contributed by atoms with Crippen LogP contribution in [-0.4, -0.2) is 11.9 Å². The molecule has 1 amide bonds. The fourth-order valence-corrected chi connectivity index (χ4v) is 2.25. The molecular weight excluding hydrogens is 200 g/mol. The Kier molecular flexibility index (Phi) is 2.31. The predicted octanol–water partition coefficient (Wildman–Crippen LogP) is 2.54. The molecule has 16 heavy (non-hydrogen) atoms. The van der Waals surface area contributed by atoms with Gasteiger partial charge in [0, 0.05) is 23.8 Å². The van der Waals surface area contributed by atoms with Crippen LogP contribution in [0.3, 0.4) is 0 Å². The monoisotopic (exact) mass is 216 g/mol. The van der Waals surface area contributed by atoms with Crippen molar-refractivity contribution in [3.63, 3.8) is 0 Å². The third-order valence-corrected chi connectivity index (χ3v) is 3.48. The van der Waals surface area contributed by atoms with Crippen LogP contribution in [0.2, 0.25) is 0 Å². The summed E-state index contributed by atoms with van der Waals surface area (Å²) in [6, 6.07) is 6.94. The number of fused-ring (bicyclic) bond motifs is 1. The Morgan fingerprint density at radius 2 is 2.12 bits per heavy atom. The van der Waals surface area contributed by atoms with Crippen molar-refractivity contribution in [2.24, 2.45) is 0 Å². The molecule has 0 unspecified atom stereocenters. The molecule has 3 rings (SSSR count). The molecule has 0 saturated heterocycles. The van der Waals surface area contributed by atoms with E-state index in [1.807, 2.05) is 0 Å². The molecule has 2 aliphatic rings. The molecule has 0 bridgehead atoms. The molecule has 1 aromatic carbocycles. The van der Waals surface area contributed by atoms with Crippen LogP contribution in [0.5, 0.6) is 0 Å². The van der Waals surface area contributed by atoms with Crippen LogP contribution in [0.1, 0.15) is 31.2 Å². The molecule has 3 heteroatoms. The van der Waals surface area contributed by atoms with Crippen molar-refractivity contribution in [3.8, 4) is 0 Å². The van der Waals surface area contributed by atoms with Gasteiger partial charge in [0.1, 0.15) is 0 Å². The van der Waals surface area contributed by atoms with E-state index in [0.717, 1.165) is 17.8 Å². The van der Waals surface area contributed by atoms with Crippen LogP contribution >= 0.6 is 0 Å². The topological polar surface area (TPSA) is 41.1 Å². The summed E-state index contributed by atoms with van der Waals surface area (Å²) in [6.45, 7) is 0. The number of aryl methyl sites for hydroxylation is 1. The number of benzene rings is 1. The Bertz CT molecular complexity index is 424. The summed E-state index contributed by atoms with van der Waals surface area (Å²) in [7, 11) is 0. The second kappa shape index (κ2) is 3.81. The van der Waals surface area contributed by atoms with E-state index in [0.29, 0.717) is 12.5 Å². The van der Waals surface area contributed by atoms with Crippen molar-refractivity contribution in [1.82, 2.24) is 0 Å². The molecule has 84 valence electrons. The smallest absolute Gasteiger partial charge is 0.224 e. The van der Waals surface area contributed by atoms with E-state index in [2.05, 4.69) is 28.8 Å². The zero-order valence-electron chi connectivity index (χ0n) is 9.25. The average molecular weight is 216 g/mol. The highest BCUT2D eigenvalue weighted by Gasteiger charge is 2.18. The van der Waals surface area contributed by atoms with E-state index < -0.39 is 0 Å². The Labute approximate surface area is 95.2 Å². The molecule has 0 radical (unpaired) electrons. The van der Waals surface area contributed by atoms with Crippen LogP contribution in [0.4, 0.5) is 11.4 Å². The molecule has 3 nitrogen and oxygen atoms in total. The van der Waals surface area contributed by atoms with Gasteiger partial charge in [0.15, 0.2) is 0 Å². The van der Waals surface area contributed by atoms with Crippen molar-refractivity contribution in [2.45, 2.75) is 38.1 Å². The molecule has 0 atom stereocenters. The second-order valence-electron chi connectivity index (χ2n) is 4.69.